The topological polar surface area (TPSA) is 12.0 Å². The molecule has 21 heavy (non-hydrogen) atoms. The van der Waals surface area contributed by atoms with Gasteiger partial charge < -0.3 is 5.32 Å². The fourth-order valence-electron chi connectivity index (χ4n) is 2.69. The third-order valence-corrected chi connectivity index (χ3v) is 3.98. The number of benzene rings is 2. The Bertz CT molecular complexity index is 548. The average Bonchev–Trinajstić information content (AvgIpc) is 2.47. The van der Waals surface area contributed by atoms with Crippen LogP contribution in [0, 0.1) is 12.8 Å². The zero-order valence-corrected chi connectivity index (χ0v) is 13.7. The fraction of sp³-hybridized carbons (Fsp3) is 0.368. The van der Waals surface area contributed by atoms with Gasteiger partial charge in [-0.15, -0.1) is 0 Å². The molecule has 0 aliphatic heterocycles. The van der Waals surface area contributed by atoms with Crippen LogP contribution in [0.5, 0.6) is 0 Å². The summed E-state index contributed by atoms with van der Waals surface area (Å²) in [5, 5.41) is 4.29. The molecule has 0 aliphatic rings. The van der Waals surface area contributed by atoms with E-state index in [2.05, 4.69) is 55.6 Å². The lowest BCUT2D eigenvalue weighted by molar-refractivity contribution is 0.478. The highest BCUT2D eigenvalue weighted by molar-refractivity contribution is 6.30. The molecular weight excluding hydrogens is 278 g/mol. The van der Waals surface area contributed by atoms with Gasteiger partial charge in [-0.25, -0.2) is 0 Å². The van der Waals surface area contributed by atoms with E-state index in [0.717, 1.165) is 31.0 Å². The van der Waals surface area contributed by atoms with Crippen molar-refractivity contribution in [2.24, 2.45) is 5.92 Å². The van der Waals surface area contributed by atoms with Crippen LogP contribution in [0.3, 0.4) is 0 Å². The van der Waals surface area contributed by atoms with E-state index in [1.807, 2.05) is 12.1 Å². The van der Waals surface area contributed by atoms with Crippen LogP contribution in [0.15, 0.2) is 48.5 Å². The molecule has 1 atom stereocenters. The molecule has 2 aromatic carbocycles. The van der Waals surface area contributed by atoms with E-state index in [-0.39, 0.29) is 0 Å². The standard InChI is InChI=1S/C19H24ClN/c1-3-21-14-18(12-16-7-9-19(20)10-8-16)13-17-6-4-5-15(2)11-17/h4-11,18,21H,3,12-14H2,1-2H3. The molecule has 1 N–H and O–H groups in total. The Morgan fingerprint density at radius 3 is 2.38 bits per heavy atom. The fourth-order valence-corrected chi connectivity index (χ4v) is 2.82. The number of aryl methyl sites for hydroxylation is 1. The molecule has 2 heteroatoms. The van der Waals surface area contributed by atoms with Gasteiger partial charge in [0.15, 0.2) is 0 Å². The number of hydrogen-bond acceptors (Lipinski definition) is 1. The SMILES string of the molecule is CCNCC(Cc1ccc(Cl)cc1)Cc1cccc(C)c1. The van der Waals surface area contributed by atoms with E-state index in [0.29, 0.717) is 5.92 Å². The second-order valence-corrected chi connectivity index (χ2v) is 6.13. The Morgan fingerprint density at radius 2 is 1.71 bits per heavy atom. The Labute approximate surface area is 133 Å². The lowest BCUT2D eigenvalue weighted by Crippen LogP contribution is -2.25. The summed E-state index contributed by atoms with van der Waals surface area (Å²) in [5.74, 6) is 0.605. The molecule has 0 aromatic heterocycles. The van der Waals surface area contributed by atoms with Crippen LogP contribution < -0.4 is 5.32 Å². The van der Waals surface area contributed by atoms with Crippen LogP contribution in [0.1, 0.15) is 23.6 Å². The molecule has 112 valence electrons. The summed E-state index contributed by atoms with van der Waals surface area (Å²) in [4.78, 5) is 0. The van der Waals surface area contributed by atoms with Crippen molar-refractivity contribution < 1.29 is 0 Å². The summed E-state index contributed by atoms with van der Waals surface area (Å²) in [6, 6.07) is 17.1. The first-order valence-corrected chi connectivity index (χ1v) is 8.06. The zero-order chi connectivity index (χ0) is 15.1. The van der Waals surface area contributed by atoms with E-state index in [1.165, 1.54) is 16.7 Å². The van der Waals surface area contributed by atoms with Crippen molar-refractivity contribution in [3.63, 3.8) is 0 Å². The van der Waals surface area contributed by atoms with Crippen LogP contribution in [0.25, 0.3) is 0 Å². The van der Waals surface area contributed by atoms with E-state index < -0.39 is 0 Å². The van der Waals surface area contributed by atoms with Gasteiger partial charge in [-0.2, -0.15) is 0 Å². The summed E-state index contributed by atoms with van der Waals surface area (Å²) >= 11 is 5.97. The Balaban J connectivity index is 2.04. The molecular formula is C19H24ClN. The molecule has 2 aromatic rings. The number of halogens is 1. The summed E-state index contributed by atoms with van der Waals surface area (Å²) in [6.07, 6.45) is 2.19. The third kappa shape index (κ3) is 5.53. The number of rotatable bonds is 7. The molecule has 0 spiro atoms. The molecule has 0 heterocycles. The molecule has 0 saturated heterocycles. The third-order valence-electron chi connectivity index (χ3n) is 3.73. The van der Waals surface area contributed by atoms with Gasteiger partial charge in [0.25, 0.3) is 0 Å². The first kappa shape index (κ1) is 16.1. The molecule has 0 amide bonds. The first-order chi connectivity index (χ1) is 10.2. The molecule has 0 bridgehead atoms. The van der Waals surface area contributed by atoms with Crippen LogP contribution in [-0.2, 0) is 12.8 Å². The highest BCUT2D eigenvalue weighted by Crippen LogP contribution is 2.17. The van der Waals surface area contributed by atoms with E-state index in [1.54, 1.807) is 0 Å². The molecule has 1 nitrogen and oxygen atoms in total. The van der Waals surface area contributed by atoms with Gasteiger partial charge in [-0.1, -0.05) is 60.5 Å². The van der Waals surface area contributed by atoms with Crippen LogP contribution in [0.4, 0.5) is 0 Å². The van der Waals surface area contributed by atoms with Crippen molar-refractivity contribution in [3.05, 3.63) is 70.2 Å². The lowest BCUT2D eigenvalue weighted by atomic mass is 9.92. The van der Waals surface area contributed by atoms with Crippen molar-refractivity contribution >= 4 is 11.6 Å². The monoisotopic (exact) mass is 301 g/mol. The number of nitrogens with one attached hydrogen (secondary N) is 1. The summed E-state index contributed by atoms with van der Waals surface area (Å²) in [5.41, 5.74) is 4.11. The largest absolute Gasteiger partial charge is 0.317 e. The Hall–Kier alpha value is -1.31. The Kier molecular flexibility index (Phi) is 6.28. The summed E-state index contributed by atoms with van der Waals surface area (Å²) in [7, 11) is 0. The zero-order valence-electron chi connectivity index (χ0n) is 12.9. The van der Waals surface area contributed by atoms with Gasteiger partial charge in [0.05, 0.1) is 0 Å². The molecule has 0 radical (unpaired) electrons. The van der Waals surface area contributed by atoms with E-state index in [4.69, 9.17) is 11.6 Å². The molecule has 0 fully saturated rings. The lowest BCUT2D eigenvalue weighted by Gasteiger charge is -2.18. The second-order valence-electron chi connectivity index (χ2n) is 5.70. The van der Waals surface area contributed by atoms with Crippen molar-refractivity contribution in [2.45, 2.75) is 26.7 Å². The maximum atomic E-state index is 5.97. The van der Waals surface area contributed by atoms with Crippen molar-refractivity contribution in [1.82, 2.24) is 5.32 Å². The maximum Gasteiger partial charge on any atom is 0.0406 e. The van der Waals surface area contributed by atoms with E-state index in [9.17, 15) is 0 Å². The second kappa shape index (κ2) is 8.21. The minimum Gasteiger partial charge on any atom is -0.317 e. The van der Waals surface area contributed by atoms with Crippen molar-refractivity contribution in [2.75, 3.05) is 13.1 Å². The van der Waals surface area contributed by atoms with Gasteiger partial charge in [0, 0.05) is 5.02 Å². The van der Waals surface area contributed by atoms with Gasteiger partial charge in [0.1, 0.15) is 0 Å². The van der Waals surface area contributed by atoms with Crippen LogP contribution in [0.2, 0.25) is 5.02 Å². The molecule has 0 aliphatic carbocycles. The molecule has 2 rings (SSSR count). The smallest absolute Gasteiger partial charge is 0.0406 e. The Morgan fingerprint density at radius 1 is 1.00 bits per heavy atom. The van der Waals surface area contributed by atoms with Gasteiger partial charge >= 0.3 is 0 Å². The van der Waals surface area contributed by atoms with Crippen molar-refractivity contribution in [3.8, 4) is 0 Å². The highest BCUT2D eigenvalue weighted by Gasteiger charge is 2.11. The van der Waals surface area contributed by atoms with Crippen LogP contribution in [-0.4, -0.2) is 13.1 Å². The predicted molar refractivity (Wildman–Crippen MR) is 92.1 cm³/mol. The minimum atomic E-state index is 0.605. The van der Waals surface area contributed by atoms with Crippen LogP contribution >= 0.6 is 11.6 Å². The predicted octanol–water partition coefficient (Wildman–Crippen LogP) is 4.66. The van der Waals surface area contributed by atoms with Gasteiger partial charge in [0.2, 0.25) is 0 Å². The highest BCUT2D eigenvalue weighted by atomic mass is 35.5. The van der Waals surface area contributed by atoms with E-state index >= 15 is 0 Å². The quantitative estimate of drug-likeness (QED) is 0.784. The van der Waals surface area contributed by atoms with Gasteiger partial charge in [-0.3, -0.25) is 0 Å². The average molecular weight is 302 g/mol. The van der Waals surface area contributed by atoms with Gasteiger partial charge in [-0.05, 0) is 62.0 Å². The minimum absolute atomic E-state index is 0.605. The molecule has 0 saturated carbocycles. The maximum absolute atomic E-state index is 5.97. The summed E-state index contributed by atoms with van der Waals surface area (Å²) in [6.45, 7) is 6.38. The normalized spacial score (nSPS) is 12.3. The molecule has 1 unspecified atom stereocenters. The van der Waals surface area contributed by atoms with Crippen molar-refractivity contribution in [1.29, 1.82) is 0 Å². The summed E-state index contributed by atoms with van der Waals surface area (Å²) < 4.78 is 0. The first-order valence-electron chi connectivity index (χ1n) is 7.68. The number of hydrogen-bond donors (Lipinski definition) is 1.